The first-order chi connectivity index (χ1) is 15.4. The molecule has 0 bridgehead atoms. The number of hydrogen-bond acceptors (Lipinski definition) is 8. The summed E-state index contributed by atoms with van der Waals surface area (Å²) in [6.07, 6.45) is 2.00. The van der Waals surface area contributed by atoms with E-state index in [2.05, 4.69) is 5.32 Å². The largest absolute Gasteiger partial charge is 0.502 e. The van der Waals surface area contributed by atoms with Gasteiger partial charge in [-0.3, -0.25) is 24.1 Å². The maximum Gasteiger partial charge on any atom is 0.277 e. The number of ether oxygens (including phenoxy) is 3. The number of carbonyl (C=O) groups excluding carboxylic acids is 2. The van der Waals surface area contributed by atoms with Crippen LogP contribution in [0.1, 0.15) is 27.3 Å². The Kier molecular flexibility index (Phi) is 5.91. The first-order valence-electron chi connectivity index (χ1n) is 10.1. The molecule has 2 N–H and O–H groups in total. The summed E-state index contributed by atoms with van der Waals surface area (Å²) in [5.74, 6) is -0.963. The van der Waals surface area contributed by atoms with Crippen molar-refractivity contribution in [1.82, 2.24) is 9.58 Å². The van der Waals surface area contributed by atoms with Crippen molar-refractivity contribution in [3.8, 4) is 17.2 Å². The molecule has 0 fully saturated rings. The van der Waals surface area contributed by atoms with Crippen LogP contribution in [-0.2, 0) is 4.74 Å². The number of rotatable bonds is 5. The Morgan fingerprint density at radius 2 is 1.97 bits per heavy atom. The Morgan fingerprint density at radius 3 is 2.72 bits per heavy atom. The number of benzene rings is 1. The van der Waals surface area contributed by atoms with Gasteiger partial charge in [0, 0.05) is 45.1 Å². The summed E-state index contributed by atoms with van der Waals surface area (Å²) in [7, 11) is 3.19. The lowest BCUT2D eigenvalue weighted by atomic mass is 10.1. The number of aromatic nitrogens is 1. The van der Waals surface area contributed by atoms with Crippen molar-refractivity contribution in [1.29, 1.82) is 0 Å². The zero-order valence-electron chi connectivity index (χ0n) is 17.8. The maximum absolute atomic E-state index is 12.9. The SMILES string of the molecule is COCCN1CN(C)n2cc(C(=O)Nc3ccc4c(c3)OCCCO4)c(=O)c(O)c2C1=O. The minimum absolute atomic E-state index is 0.195. The van der Waals surface area contributed by atoms with Gasteiger partial charge in [0.1, 0.15) is 12.2 Å². The van der Waals surface area contributed by atoms with Crippen LogP contribution in [0.5, 0.6) is 17.2 Å². The molecule has 0 saturated heterocycles. The first kappa shape index (κ1) is 21.5. The van der Waals surface area contributed by atoms with E-state index in [0.717, 1.165) is 6.42 Å². The second-order valence-electron chi connectivity index (χ2n) is 7.44. The van der Waals surface area contributed by atoms with Crippen molar-refractivity contribution in [2.75, 3.05) is 57.5 Å². The molecule has 2 aliphatic rings. The van der Waals surface area contributed by atoms with Crippen LogP contribution < -0.4 is 25.2 Å². The Morgan fingerprint density at radius 1 is 1.22 bits per heavy atom. The number of hydrogen-bond donors (Lipinski definition) is 2. The lowest BCUT2D eigenvalue weighted by Gasteiger charge is -2.37. The Hall–Kier alpha value is -3.73. The second kappa shape index (κ2) is 8.79. The molecule has 0 unspecified atom stereocenters. The molecule has 0 atom stereocenters. The zero-order chi connectivity index (χ0) is 22.8. The summed E-state index contributed by atoms with van der Waals surface area (Å²) in [6.45, 7) is 1.83. The van der Waals surface area contributed by atoms with Gasteiger partial charge in [-0.25, -0.2) is 0 Å². The van der Waals surface area contributed by atoms with Gasteiger partial charge in [0.05, 0.1) is 19.8 Å². The minimum atomic E-state index is -0.932. The third-order valence-electron chi connectivity index (χ3n) is 5.21. The number of nitrogens with zero attached hydrogens (tertiary/aromatic N) is 3. The molecular weight excluding hydrogens is 420 g/mol. The van der Waals surface area contributed by atoms with E-state index in [9.17, 15) is 19.5 Å². The van der Waals surface area contributed by atoms with Gasteiger partial charge < -0.3 is 29.5 Å². The summed E-state index contributed by atoms with van der Waals surface area (Å²) in [5, 5.41) is 14.7. The average molecular weight is 444 g/mol. The predicted octanol–water partition coefficient (Wildman–Crippen LogP) is 0.595. The molecule has 0 aliphatic carbocycles. The molecular formula is C21H24N4O7. The number of amides is 2. The van der Waals surface area contributed by atoms with E-state index >= 15 is 0 Å². The fraction of sp³-hybridized carbons (Fsp3) is 0.381. The lowest BCUT2D eigenvalue weighted by molar-refractivity contribution is 0.0629. The maximum atomic E-state index is 12.9. The highest BCUT2D eigenvalue weighted by molar-refractivity contribution is 6.05. The van der Waals surface area contributed by atoms with E-state index in [0.29, 0.717) is 43.6 Å². The lowest BCUT2D eigenvalue weighted by Crippen LogP contribution is -2.53. The van der Waals surface area contributed by atoms with Crippen molar-refractivity contribution in [3.63, 3.8) is 0 Å². The van der Waals surface area contributed by atoms with Crippen molar-refractivity contribution >= 4 is 17.5 Å². The van der Waals surface area contributed by atoms with E-state index in [1.165, 1.54) is 22.9 Å². The van der Waals surface area contributed by atoms with Crippen LogP contribution in [0, 0.1) is 0 Å². The number of methoxy groups -OCH3 is 1. The van der Waals surface area contributed by atoms with Crippen molar-refractivity contribution in [2.45, 2.75) is 6.42 Å². The van der Waals surface area contributed by atoms with Gasteiger partial charge in [-0.15, -0.1) is 0 Å². The molecule has 0 spiro atoms. The Balaban J connectivity index is 1.63. The number of pyridine rings is 1. The monoisotopic (exact) mass is 444 g/mol. The second-order valence-corrected chi connectivity index (χ2v) is 7.44. The molecule has 0 saturated carbocycles. The zero-order valence-corrected chi connectivity index (χ0v) is 17.8. The number of fused-ring (bicyclic) bond motifs is 2. The smallest absolute Gasteiger partial charge is 0.277 e. The number of nitrogens with one attached hydrogen (secondary N) is 1. The molecule has 3 heterocycles. The van der Waals surface area contributed by atoms with E-state index in [1.54, 1.807) is 30.3 Å². The third-order valence-corrected chi connectivity index (χ3v) is 5.21. The molecule has 0 radical (unpaired) electrons. The molecule has 11 nitrogen and oxygen atoms in total. The molecule has 2 amide bonds. The van der Waals surface area contributed by atoms with Gasteiger partial charge in [-0.2, -0.15) is 0 Å². The average Bonchev–Trinajstić information content (AvgIpc) is 3.02. The van der Waals surface area contributed by atoms with Crippen molar-refractivity contribution < 1.29 is 28.9 Å². The van der Waals surface area contributed by atoms with E-state index in [4.69, 9.17) is 14.2 Å². The van der Waals surface area contributed by atoms with Crippen LogP contribution in [0.2, 0.25) is 0 Å². The molecule has 1 aromatic heterocycles. The fourth-order valence-corrected chi connectivity index (χ4v) is 3.56. The third kappa shape index (κ3) is 3.94. The van der Waals surface area contributed by atoms with Crippen LogP contribution in [0.4, 0.5) is 5.69 Å². The molecule has 4 rings (SSSR count). The fourth-order valence-electron chi connectivity index (χ4n) is 3.56. The molecule has 2 aromatic rings. The van der Waals surface area contributed by atoms with Crippen LogP contribution >= 0.6 is 0 Å². The summed E-state index contributed by atoms with van der Waals surface area (Å²) < 4.78 is 17.5. The normalized spacial score (nSPS) is 15.2. The summed E-state index contributed by atoms with van der Waals surface area (Å²) in [6, 6.07) is 4.91. The molecule has 32 heavy (non-hydrogen) atoms. The van der Waals surface area contributed by atoms with Crippen LogP contribution in [0.15, 0.2) is 29.2 Å². The van der Waals surface area contributed by atoms with Gasteiger partial charge in [-0.05, 0) is 12.1 Å². The van der Waals surface area contributed by atoms with E-state index in [1.807, 2.05) is 0 Å². The number of carbonyl (C=O) groups is 2. The van der Waals surface area contributed by atoms with Crippen molar-refractivity contribution in [3.05, 3.63) is 45.9 Å². The molecule has 1 aromatic carbocycles. The van der Waals surface area contributed by atoms with Crippen LogP contribution in [0.3, 0.4) is 0 Å². The van der Waals surface area contributed by atoms with Crippen molar-refractivity contribution in [2.24, 2.45) is 0 Å². The summed E-state index contributed by atoms with van der Waals surface area (Å²) >= 11 is 0. The number of aromatic hydroxyl groups is 1. The molecule has 170 valence electrons. The first-order valence-corrected chi connectivity index (χ1v) is 10.1. The predicted molar refractivity (Wildman–Crippen MR) is 114 cm³/mol. The Bertz CT molecular complexity index is 1110. The molecule has 11 heteroatoms. The van der Waals surface area contributed by atoms with E-state index in [-0.39, 0.29) is 17.9 Å². The van der Waals surface area contributed by atoms with Gasteiger partial charge in [-0.1, -0.05) is 0 Å². The summed E-state index contributed by atoms with van der Waals surface area (Å²) in [5.41, 5.74) is -1.04. The van der Waals surface area contributed by atoms with Crippen LogP contribution in [-0.4, -0.2) is 73.7 Å². The van der Waals surface area contributed by atoms with Gasteiger partial charge >= 0.3 is 0 Å². The Labute approximate surface area is 183 Å². The molecule has 2 aliphatic heterocycles. The highest BCUT2D eigenvalue weighted by atomic mass is 16.5. The summed E-state index contributed by atoms with van der Waals surface area (Å²) in [4.78, 5) is 39.8. The van der Waals surface area contributed by atoms with E-state index < -0.39 is 23.0 Å². The number of anilines is 1. The minimum Gasteiger partial charge on any atom is -0.502 e. The van der Waals surface area contributed by atoms with Crippen LogP contribution in [0.25, 0.3) is 0 Å². The standard InChI is InChI=1S/C21H24N4O7/c1-23-12-24(6-9-30-2)21(29)17-19(27)18(26)14(11-25(17)23)20(28)22-13-4-5-15-16(10-13)32-8-3-7-31-15/h4-5,10-11,27H,3,6-9,12H2,1-2H3,(H,22,28). The highest BCUT2D eigenvalue weighted by Gasteiger charge is 2.33. The van der Waals surface area contributed by atoms with Gasteiger partial charge in [0.25, 0.3) is 11.8 Å². The van der Waals surface area contributed by atoms with Gasteiger partial charge in [0.15, 0.2) is 22.9 Å². The quantitative estimate of drug-likeness (QED) is 0.687. The van der Waals surface area contributed by atoms with Gasteiger partial charge in [0.2, 0.25) is 5.43 Å². The highest BCUT2D eigenvalue weighted by Crippen LogP contribution is 2.32. The topological polar surface area (TPSA) is 123 Å².